The van der Waals surface area contributed by atoms with Crippen molar-refractivity contribution in [2.24, 2.45) is 34.5 Å². The molecule has 0 spiro atoms. The van der Waals surface area contributed by atoms with Gasteiger partial charge < -0.3 is 4.74 Å². The van der Waals surface area contributed by atoms with Gasteiger partial charge in [-0.3, -0.25) is 4.79 Å². The summed E-state index contributed by atoms with van der Waals surface area (Å²) in [6.07, 6.45) is 14.3. The van der Waals surface area contributed by atoms with Crippen LogP contribution in [0.25, 0.3) is 0 Å². The van der Waals surface area contributed by atoms with Gasteiger partial charge in [0.1, 0.15) is 6.11 Å². The van der Waals surface area contributed by atoms with Crippen molar-refractivity contribution in [2.45, 2.75) is 65.2 Å². The van der Waals surface area contributed by atoms with E-state index in [1.807, 2.05) is 6.08 Å². The number of allylic oxidation sites excluding steroid dienone is 1. The van der Waals surface area contributed by atoms with E-state index in [9.17, 15) is 4.79 Å². The first-order chi connectivity index (χ1) is 11.5. The van der Waals surface area contributed by atoms with Gasteiger partial charge in [0.05, 0.1) is 7.11 Å². The van der Waals surface area contributed by atoms with E-state index < -0.39 is 0 Å². The van der Waals surface area contributed by atoms with Crippen molar-refractivity contribution >= 4 is 5.78 Å². The standard InChI is InChI=1S/C22H30O2/c1-21-12-9-20-18(19(21)7-5-15(21)10-13-24-3)6-4-16-14-17(23)8-11-22(16,20)2/h14-15,18-20H,4-9,11-12H2,1-3H3/t15-,18-,19-,20-,21+,22-/m0/s1. The lowest BCUT2D eigenvalue weighted by Gasteiger charge is -2.57. The Morgan fingerprint density at radius 3 is 2.71 bits per heavy atom. The number of ketones is 1. The Bertz CT molecular complexity index is 636. The minimum Gasteiger partial charge on any atom is -0.450 e. The minimum atomic E-state index is 0.286. The van der Waals surface area contributed by atoms with Gasteiger partial charge in [-0.15, -0.1) is 0 Å². The second-order valence-electron chi connectivity index (χ2n) is 9.09. The molecule has 0 aromatic rings. The van der Waals surface area contributed by atoms with Gasteiger partial charge in [0, 0.05) is 12.3 Å². The van der Waals surface area contributed by atoms with Crippen LogP contribution in [0.3, 0.4) is 0 Å². The van der Waals surface area contributed by atoms with Gasteiger partial charge in [-0.2, -0.15) is 0 Å². The van der Waals surface area contributed by atoms with Crippen molar-refractivity contribution in [3.05, 3.63) is 11.6 Å². The third-order valence-electron chi connectivity index (χ3n) is 8.30. The molecule has 0 aromatic carbocycles. The number of ether oxygens (including phenoxy) is 1. The third kappa shape index (κ3) is 2.20. The Morgan fingerprint density at radius 2 is 1.92 bits per heavy atom. The third-order valence-corrected chi connectivity index (χ3v) is 8.30. The maximum Gasteiger partial charge on any atom is 0.155 e. The summed E-state index contributed by atoms with van der Waals surface area (Å²) in [7, 11) is 1.67. The van der Waals surface area contributed by atoms with E-state index in [1.165, 1.54) is 37.7 Å². The Hall–Kier alpha value is -1.23. The number of carbonyl (C=O) groups is 1. The van der Waals surface area contributed by atoms with Crippen LogP contribution in [0.2, 0.25) is 0 Å². The summed E-state index contributed by atoms with van der Waals surface area (Å²) in [4.78, 5) is 11.9. The molecule has 6 atom stereocenters. The van der Waals surface area contributed by atoms with Crippen molar-refractivity contribution in [1.82, 2.24) is 0 Å². The van der Waals surface area contributed by atoms with Gasteiger partial charge in [0.2, 0.25) is 0 Å². The summed E-state index contributed by atoms with van der Waals surface area (Å²) in [5.41, 5.74) is 2.13. The van der Waals surface area contributed by atoms with Crippen LogP contribution < -0.4 is 0 Å². The van der Waals surface area contributed by atoms with Gasteiger partial charge in [-0.1, -0.05) is 25.3 Å². The number of hydrogen-bond donors (Lipinski definition) is 0. The van der Waals surface area contributed by atoms with Crippen molar-refractivity contribution in [1.29, 1.82) is 0 Å². The normalized spacial score (nSPS) is 46.8. The van der Waals surface area contributed by atoms with Crippen LogP contribution in [0.1, 0.15) is 65.2 Å². The van der Waals surface area contributed by atoms with Crippen LogP contribution in [0, 0.1) is 46.5 Å². The van der Waals surface area contributed by atoms with Crippen molar-refractivity contribution < 1.29 is 9.53 Å². The highest BCUT2D eigenvalue weighted by atomic mass is 16.5. The van der Waals surface area contributed by atoms with Crippen LogP contribution in [-0.4, -0.2) is 12.9 Å². The molecule has 3 fully saturated rings. The first-order valence-corrected chi connectivity index (χ1v) is 9.76. The highest BCUT2D eigenvalue weighted by molar-refractivity contribution is 5.91. The number of fused-ring (bicyclic) bond motifs is 5. The zero-order valence-electron chi connectivity index (χ0n) is 15.4. The smallest absolute Gasteiger partial charge is 0.155 e. The second-order valence-corrected chi connectivity index (χ2v) is 9.09. The molecule has 0 saturated heterocycles. The molecule has 4 aliphatic carbocycles. The zero-order chi connectivity index (χ0) is 16.9. The molecule has 0 N–H and O–H groups in total. The molecule has 0 amide bonds. The number of hydrogen-bond acceptors (Lipinski definition) is 2. The highest BCUT2D eigenvalue weighted by Crippen LogP contribution is 2.66. The molecule has 2 nitrogen and oxygen atoms in total. The molecule has 4 aliphatic rings. The predicted octanol–water partition coefficient (Wildman–Crippen LogP) is 4.74. The Morgan fingerprint density at radius 1 is 1.08 bits per heavy atom. The second kappa shape index (κ2) is 5.65. The molecule has 0 radical (unpaired) electrons. The van der Waals surface area contributed by atoms with Crippen molar-refractivity contribution in [3.63, 3.8) is 0 Å². The topological polar surface area (TPSA) is 26.3 Å². The van der Waals surface area contributed by atoms with Crippen LogP contribution in [-0.2, 0) is 9.53 Å². The van der Waals surface area contributed by atoms with Gasteiger partial charge in [0.25, 0.3) is 0 Å². The number of carbonyl (C=O) groups excluding carboxylic acids is 1. The molecule has 0 unspecified atom stereocenters. The first kappa shape index (κ1) is 16.2. The molecule has 0 heterocycles. The quantitative estimate of drug-likeness (QED) is 0.601. The van der Waals surface area contributed by atoms with Crippen molar-refractivity contribution in [2.75, 3.05) is 7.11 Å². The molecule has 130 valence electrons. The molecule has 2 heteroatoms. The monoisotopic (exact) mass is 326 g/mol. The lowest BCUT2D eigenvalue weighted by Crippen LogP contribution is -2.50. The van der Waals surface area contributed by atoms with Crippen molar-refractivity contribution in [3.8, 4) is 12.0 Å². The largest absolute Gasteiger partial charge is 0.450 e. The van der Waals surface area contributed by atoms with E-state index in [0.717, 1.165) is 37.0 Å². The average Bonchev–Trinajstić information content (AvgIpc) is 2.90. The van der Waals surface area contributed by atoms with Gasteiger partial charge in [-0.25, -0.2) is 0 Å². The van der Waals surface area contributed by atoms with E-state index in [0.29, 0.717) is 17.1 Å². The fourth-order valence-corrected chi connectivity index (χ4v) is 6.93. The fraction of sp³-hybridized carbons (Fsp3) is 0.773. The SMILES string of the molecule is COC#C[C@@H]1CC[C@H]2[C@@H]3CCC4=CC(=O)CC[C@]4(C)[C@H]3CC[C@]12C. The van der Waals surface area contributed by atoms with Crippen LogP contribution in [0.15, 0.2) is 11.6 Å². The van der Waals surface area contributed by atoms with Crippen LogP contribution >= 0.6 is 0 Å². The maximum absolute atomic E-state index is 11.9. The van der Waals surface area contributed by atoms with E-state index in [-0.39, 0.29) is 5.41 Å². The summed E-state index contributed by atoms with van der Waals surface area (Å²) in [6, 6.07) is 0. The summed E-state index contributed by atoms with van der Waals surface area (Å²) in [6.45, 7) is 4.95. The molecular weight excluding hydrogens is 296 g/mol. The summed E-state index contributed by atoms with van der Waals surface area (Å²) in [5.74, 6) is 6.68. The lowest BCUT2D eigenvalue weighted by molar-refractivity contribution is -0.117. The summed E-state index contributed by atoms with van der Waals surface area (Å²) in [5, 5.41) is 0. The van der Waals surface area contributed by atoms with Gasteiger partial charge in [0.15, 0.2) is 5.78 Å². The Labute approximate surface area is 146 Å². The summed E-state index contributed by atoms with van der Waals surface area (Å²) < 4.78 is 5.03. The maximum atomic E-state index is 11.9. The number of rotatable bonds is 0. The average molecular weight is 326 g/mol. The summed E-state index contributed by atoms with van der Waals surface area (Å²) >= 11 is 0. The van der Waals surface area contributed by atoms with E-state index in [2.05, 4.69) is 25.9 Å². The molecule has 24 heavy (non-hydrogen) atoms. The van der Waals surface area contributed by atoms with E-state index >= 15 is 0 Å². The van der Waals surface area contributed by atoms with E-state index in [4.69, 9.17) is 4.74 Å². The Kier molecular flexibility index (Phi) is 3.83. The molecule has 4 rings (SSSR count). The first-order valence-electron chi connectivity index (χ1n) is 9.76. The molecule has 0 aromatic heterocycles. The molecule has 0 bridgehead atoms. The predicted molar refractivity (Wildman–Crippen MR) is 95.0 cm³/mol. The van der Waals surface area contributed by atoms with Crippen LogP contribution in [0.4, 0.5) is 0 Å². The molecular formula is C22H30O2. The van der Waals surface area contributed by atoms with E-state index in [1.54, 1.807) is 7.11 Å². The van der Waals surface area contributed by atoms with Gasteiger partial charge >= 0.3 is 0 Å². The van der Waals surface area contributed by atoms with Gasteiger partial charge in [-0.05, 0) is 79.6 Å². The minimum absolute atomic E-state index is 0.286. The van der Waals surface area contributed by atoms with Crippen LogP contribution in [0.5, 0.6) is 0 Å². The zero-order valence-corrected chi connectivity index (χ0v) is 15.4. The molecule has 0 aliphatic heterocycles. The fourth-order valence-electron chi connectivity index (χ4n) is 6.93. The highest BCUT2D eigenvalue weighted by Gasteiger charge is 2.58. The number of methoxy groups -OCH3 is 1. The lowest BCUT2D eigenvalue weighted by atomic mass is 9.47. The molecule has 3 saturated carbocycles. The Balaban J connectivity index is 1.63.